The standard InChI is InChI=1S/C14H27N3O3/c1-4-10(2)12(13(18)19)16-14(20)15-11(3)9-17-7-5-6-8-17/h10-12H,4-9H2,1-3H3,(H,18,19)(H2,15,16,20). The minimum Gasteiger partial charge on any atom is -0.480 e. The van der Waals surface area contributed by atoms with Crippen LogP contribution in [0.2, 0.25) is 0 Å². The predicted molar refractivity (Wildman–Crippen MR) is 77.7 cm³/mol. The number of urea groups is 1. The number of carboxylic acid groups (broad SMARTS) is 1. The summed E-state index contributed by atoms with van der Waals surface area (Å²) in [5.74, 6) is -1.08. The van der Waals surface area contributed by atoms with Crippen molar-refractivity contribution in [1.29, 1.82) is 0 Å². The van der Waals surface area contributed by atoms with Gasteiger partial charge in [0, 0.05) is 12.6 Å². The molecule has 1 aliphatic heterocycles. The summed E-state index contributed by atoms with van der Waals surface area (Å²) in [7, 11) is 0. The maximum Gasteiger partial charge on any atom is 0.326 e. The number of nitrogens with one attached hydrogen (secondary N) is 2. The summed E-state index contributed by atoms with van der Waals surface area (Å²) < 4.78 is 0. The van der Waals surface area contributed by atoms with Crippen molar-refractivity contribution in [1.82, 2.24) is 15.5 Å². The number of carboxylic acids is 1. The maximum absolute atomic E-state index is 11.9. The van der Waals surface area contributed by atoms with Gasteiger partial charge in [-0.3, -0.25) is 0 Å². The van der Waals surface area contributed by atoms with Gasteiger partial charge in [-0.2, -0.15) is 0 Å². The molecule has 2 amide bonds. The molecule has 0 aromatic carbocycles. The van der Waals surface area contributed by atoms with Crippen LogP contribution in [-0.2, 0) is 4.79 Å². The van der Waals surface area contributed by atoms with Crippen LogP contribution in [0.1, 0.15) is 40.0 Å². The summed E-state index contributed by atoms with van der Waals surface area (Å²) in [4.78, 5) is 25.3. The lowest BCUT2D eigenvalue weighted by Crippen LogP contribution is -2.52. The van der Waals surface area contributed by atoms with E-state index >= 15 is 0 Å². The summed E-state index contributed by atoms with van der Waals surface area (Å²) in [6.45, 7) is 8.66. The second-order valence-corrected chi connectivity index (χ2v) is 5.73. The molecule has 0 aromatic rings. The van der Waals surface area contributed by atoms with E-state index in [2.05, 4.69) is 15.5 Å². The molecule has 6 nitrogen and oxygen atoms in total. The number of nitrogens with zero attached hydrogens (tertiary/aromatic N) is 1. The Morgan fingerprint density at radius 3 is 2.30 bits per heavy atom. The zero-order valence-corrected chi connectivity index (χ0v) is 12.7. The molecule has 6 heteroatoms. The molecule has 0 radical (unpaired) electrons. The molecule has 1 fully saturated rings. The van der Waals surface area contributed by atoms with E-state index in [1.54, 1.807) is 0 Å². The van der Waals surface area contributed by atoms with E-state index in [1.165, 1.54) is 12.8 Å². The lowest BCUT2D eigenvalue weighted by atomic mass is 9.99. The van der Waals surface area contributed by atoms with Crippen molar-refractivity contribution in [3.05, 3.63) is 0 Å². The molecule has 1 rings (SSSR count). The molecule has 116 valence electrons. The van der Waals surface area contributed by atoms with Crippen molar-refractivity contribution >= 4 is 12.0 Å². The van der Waals surface area contributed by atoms with Crippen molar-refractivity contribution in [2.75, 3.05) is 19.6 Å². The van der Waals surface area contributed by atoms with Gasteiger partial charge in [0.2, 0.25) is 0 Å². The van der Waals surface area contributed by atoms with E-state index in [0.717, 1.165) is 19.6 Å². The second-order valence-electron chi connectivity index (χ2n) is 5.73. The number of aliphatic carboxylic acids is 1. The maximum atomic E-state index is 11.9. The number of carbonyl (C=O) groups is 2. The number of carbonyl (C=O) groups excluding carboxylic acids is 1. The second kappa shape index (κ2) is 8.09. The van der Waals surface area contributed by atoms with Crippen LogP contribution in [0.4, 0.5) is 4.79 Å². The molecule has 0 aromatic heterocycles. The first kappa shape index (κ1) is 16.8. The van der Waals surface area contributed by atoms with Gasteiger partial charge in [-0.25, -0.2) is 9.59 Å². The van der Waals surface area contributed by atoms with Crippen LogP contribution < -0.4 is 10.6 Å². The normalized spacial score (nSPS) is 20.1. The molecule has 0 spiro atoms. The minimum absolute atomic E-state index is 0.0134. The third-order valence-electron chi connectivity index (χ3n) is 3.87. The third-order valence-corrected chi connectivity index (χ3v) is 3.87. The number of rotatable bonds is 7. The first-order chi connectivity index (χ1) is 9.43. The van der Waals surface area contributed by atoms with Gasteiger partial charge in [0.15, 0.2) is 0 Å². The number of hydrogen-bond acceptors (Lipinski definition) is 3. The highest BCUT2D eigenvalue weighted by atomic mass is 16.4. The van der Waals surface area contributed by atoms with Gasteiger partial charge in [-0.15, -0.1) is 0 Å². The molecule has 1 aliphatic rings. The summed E-state index contributed by atoms with van der Waals surface area (Å²) in [5.41, 5.74) is 0. The lowest BCUT2D eigenvalue weighted by Gasteiger charge is -2.24. The molecule has 3 atom stereocenters. The average molecular weight is 285 g/mol. The van der Waals surface area contributed by atoms with Crippen LogP contribution in [0.25, 0.3) is 0 Å². The monoisotopic (exact) mass is 285 g/mol. The highest BCUT2D eigenvalue weighted by Crippen LogP contribution is 2.09. The van der Waals surface area contributed by atoms with Crippen LogP contribution in [0, 0.1) is 5.92 Å². The molecule has 3 N–H and O–H groups in total. The Hall–Kier alpha value is -1.30. The van der Waals surface area contributed by atoms with Crippen LogP contribution >= 0.6 is 0 Å². The molecule has 0 aliphatic carbocycles. The van der Waals surface area contributed by atoms with Crippen LogP contribution in [0.5, 0.6) is 0 Å². The Morgan fingerprint density at radius 1 is 1.20 bits per heavy atom. The van der Waals surface area contributed by atoms with E-state index in [0.29, 0.717) is 6.42 Å². The number of likely N-dealkylation sites (tertiary alicyclic amines) is 1. The summed E-state index contributed by atoms with van der Waals surface area (Å²) >= 11 is 0. The molecule has 3 unspecified atom stereocenters. The fourth-order valence-electron chi connectivity index (χ4n) is 2.49. The van der Waals surface area contributed by atoms with Gasteiger partial charge in [0.05, 0.1) is 0 Å². The smallest absolute Gasteiger partial charge is 0.326 e. The van der Waals surface area contributed by atoms with Gasteiger partial charge >= 0.3 is 12.0 Å². The van der Waals surface area contributed by atoms with Gasteiger partial charge in [-0.05, 0) is 38.8 Å². The van der Waals surface area contributed by atoms with E-state index in [1.807, 2.05) is 20.8 Å². The Morgan fingerprint density at radius 2 is 1.80 bits per heavy atom. The molecule has 1 saturated heterocycles. The molecular formula is C14H27N3O3. The van der Waals surface area contributed by atoms with Gasteiger partial charge < -0.3 is 20.6 Å². The third kappa shape index (κ3) is 5.36. The Kier molecular flexibility index (Phi) is 6.78. The highest BCUT2D eigenvalue weighted by molar-refractivity contribution is 5.82. The fourth-order valence-corrected chi connectivity index (χ4v) is 2.49. The Labute approximate surface area is 120 Å². The quantitative estimate of drug-likeness (QED) is 0.658. The first-order valence-electron chi connectivity index (χ1n) is 7.46. The van der Waals surface area contributed by atoms with Crippen LogP contribution in [-0.4, -0.2) is 53.7 Å². The van der Waals surface area contributed by atoms with E-state index < -0.39 is 18.0 Å². The van der Waals surface area contributed by atoms with Crippen molar-refractivity contribution in [2.45, 2.75) is 52.1 Å². The summed E-state index contributed by atoms with van der Waals surface area (Å²) in [6, 6.07) is -1.22. The molecule has 1 heterocycles. The molecule has 0 bridgehead atoms. The molecular weight excluding hydrogens is 258 g/mol. The predicted octanol–water partition coefficient (Wildman–Crippen LogP) is 1.27. The zero-order valence-electron chi connectivity index (χ0n) is 12.7. The van der Waals surface area contributed by atoms with Crippen molar-refractivity contribution in [3.8, 4) is 0 Å². The molecule has 0 saturated carbocycles. The average Bonchev–Trinajstić information content (AvgIpc) is 2.87. The summed E-state index contributed by atoms with van der Waals surface area (Å²) in [6.07, 6.45) is 3.14. The summed E-state index contributed by atoms with van der Waals surface area (Å²) in [5, 5.41) is 14.5. The van der Waals surface area contributed by atoms with Crippen LogP contribution in [0.15, 0.2) is 0 Å². The van der Waals surface area contributed by atoms with Crippen molar-refractivity contribution in [3.63, 3.8) is 0 Å². The van der Waals surface area contributed by atoms with Gasteiger partial charge in [0.25, 0.3) is 0 Å². The van der Waals surface area contributed by atoms with Crippen molar-refractivity contribution in [2.24, 2.45) is 5.92 Å². The Balaban J connectivity index is 2.38. The topological polar surface area (TPSA) is 81.7 Å². The number of hydrogen-bond donors (Lipinski definition) is 3. The minimum atomic E-state index is -0.985. The largest absolute Gasteiger partial charge is 0.480 e. The number of amides is 2. The highest BCUT2D eigenvalue weighted by Gasteiger charge is 2.26. The first-order valence-corrected chi connectivity index (χ1v) is 7.46. The zero-order chi connectivity index (χ0) is 15.1. The lowest BCUT2D eigenvalue weighted by molar-refractivity contribution is -0.140. The van der Waals surface area contributed by atoms with Crippen molar-refractivity contribution < 1.29 is 14.7 Å². The van der Waals surface area contributed by atoms with Gasteiger partial charge in [-0.1, -0.05) is 20.3 Å². The molecule has 20 heavy (non-hydrogen) atoms. The van der Waals surface area contributed by atoms with Crippen LogP contribution in [0.3, 0.4) is 0 Å². The van der Waals surface area contributed by atoms with E-state index in [-0.39, 0.29) is 12.0 Å². The SMILES string of the molecule is CCC(C)C(NC(=O)NC(C)CN1CCCC1)C(=O)O. The van der Waals surface area contributed by atoms with E-state index in [9.17, 15) is 9.59 Å². The Bertz CT molecular complexity index is 330. The van der Waals surface area contributed by atoms with Gasteiger partial charge in [0.1, 0.15) is 6.04 Å². The van der Waals surface area contributed by atoms with E-state index in [4.69, 9.17) is 5.11 Å². The fraction of sp³-hybridized carbons (Fsp3) is 0.857.